The molecule has 0 aliphatic carbocycles. The van der Waals surface area contributed by atoms with E-state index in [9.17, 15) is 19.8 Å². The topological polar surface area (TPSA) is 102 Å². The van der Waals surface area contributed by atoms with Crippen molar-refractivity contribution in [1.29, 1.82) is 0 Å². The van der Waals surface area contributed by atoms with Gasteiger partial charge >= 0.3 is 5.97 Å². The van der Waals surface area contributed by atoms with Gasteiger partial charge in [-0.25, -0.2) is 9.59 Å². The molecule has 1 aromatic carbocycles. The minimum Gasteiger partial charge on any atom is -0.508 e. The van der Waals surface area contributed by atoms with Crippen LogP contribution in [0.2, 0.25) is 0 Å². The number of aliphatic hydroxyl groups is 1. The fourth-order valence-corrected chi connectivity index (χ4v) is 1.94. The maximum absolute atomic E-state index is 11.7. The van der Waals surface area contributed by atoms with Crippen LogP contribution in [0.3, 0.4) is 0 Å². The van der Waals surface area contributed by atoms with Crippen molar-refractivity contribution < 1.29 is 34.0 Å². The van der Waals surface area contributed by atoms with Crippen molar-refractivity contribution >= 4 is 17.7 Å². The highest BCUT2D eigenvalue weighted by molar-refractivity contribution is 5.89. The Hall–Kier alpha value is -2.50. The molecule has 7 heteroatoms. The van der Waals surface area contributed by atoms with E-state index in [1.165, 1.54) is 13.1 Å². The molecule has 0 fully saturated rings. The van der Waals surface area contributed by atoms with Crippen LogP contribution < -0.4 is 19.9 Å². The highest BCUT2D eigenvalue weighted by atomic mass is 16.6. The van der Waals surface area contributed by atoms with E-state index in [0.29, 0.717) is 0 Å². The maximum Gasteiger partial charge on any atom is 0.348 e. The molecule has 1 atom stereocenters. The number of hydrogen-bond donors (Lipinski definition) is 2. The van der Waals surface area contributed by atoms with E-state index >= 15 is 0 Å². The summed E-state index contributed by atoms with van der Waals surface area (Å²) in [5.74, 6) is -0.552. The van der Waals surface area contributed by atoms with E-state index in [-0.39, 0.29) is 28.5 Å². The van der Waals surface area contributed by atoms with Gasteiger partial charge in [-0.15, -0.1) is 0 Å². The first kappa shape index (κ1) is 13.9. The van der Waals surface area contributed by atoms with Crippen molar-refractivity contribution in [3.63, 3.8) is 0 Å². The standard InChI is InChI=1S/C13H12O7/c1-3-19-12-10(16)8-7(20-13(12)17)4-6(5-14)9(15)11(8)18-2/h4,12,15-16H,3H2,1-2H3. The molecule has 2 rings (SSSR count). The molecule has 1 heterocycles. The Balaban J connectivity index is 2.87. The number of hydrogen-bond acceptors (Lipinski definition) is 7. The number of rotatable bonds is 3. The highest BCUT2D eigenvalue weighted by Gasteiger charge is 2.34. The number of fused-ring (bicyclic) bond motifs is 1. The number of esters is 1. The van der Waals surface area contributed by atoms with Gasteiger partial charge in [-0.2, -0.15) is 0 Å². The molecule has 1 aromatic rings. The molecule has 106 valence electrons. The number of aliphatic hydroxyl groups excluding tert-OH is 1. The minimum atomic E-state index is -1.30. The molecule has 0 radical (unpaired) electrons. The van der Waals surface area contributed by atoms with Gasteiger partial charge < -0.3 is 24.4 Å². The predicted molar refractivity (Wildman–Crippen MR) is 65.8 cm³/mol. The van der Waals surface area contributed by atoms with Crippen LogP contribution in [0.5, 0.6) is 17.2 Å². The number of aromatic hydroxyl groups is 1. The second-order valence-electron chi connectivity index (χ2n) is 3.92. The maximum atomic E-state index is 11.7. The molecule has 0 bridgehead atoms. The third kappa shape index (κ3) is 1.99. The zero-order valence-corrected chi connectivity index (χ0v) is 10.8. The summed E-state index contributed by atoms with van der Waals surface area (Å²) in [6, 6.07) is 1.09. The van der Waals surface area contributed by atoms with Crippen LogP contribution in [0.25, 0.3) is 5.76 Å². The molecule has 1 aliphatic rings. The summed E-state index contributed by atoms with van der Waals surface area (Å²) >= 11 is 0. The first-order valence-electron chi connectivity index (χ1n) is 5.76. The fourth-order valence-electron chi connectivity index (χ4n) is 1.94. The number of carbonyl (C=O) groups is 1. The van der Waals surface area contributed by atoms with E-state index in [1.54, 1.807) is 6.92 Å². The Morgan fingerprint density at radius 2 is 2.15 bits per heavy atom. The summed E-state index contributed by atoms with van der Waals surface area (Å²) in [7, 11) is 1.24. The second kappa shape index (κ2) is 5.24. The minimum absolute atomic E-state index is 0.0259. The highest BCUT2D eigenvalue weighted by Crippen LogP contribution is 2.25. The summed E-state index contributed by atoms with van der Waals surface area (Å²) in [5.41, 5.74) is 0. The lowest BCUT2D eigenvalue weighted by atomic mass is 10.1. The summed E-state index contributed by atoms with van der Waals surface area (Å²) in [5, 5.41) is 19.7. The van der Waals surface area contributed by atoms with Crippen molar-refractivity contribution in [3.05, 3.63) is 16.5 Å². The number of ether oxygens (including phenoxy) is 3. The van der Waals surface area contributed by atoms with E-state index in [0.717, 1.165) is 6.07 Å². The van der Waals surface area contributed by atoms with Gasteiger partial charge in [-0.05, 0) is 6.92 Å². The number of methoxy groups -OCH3 is 1. The fraction of sp³-hybridized carbons (Fsp3) is 0.308. The molecule has 2 N–H and O–H groups in total. The first-order valence-corrected chi connectivity index (χ1v) is 5.76. The van der Waals surface area contributed by atoms with Gasteiger partial charge in [0.25, 0.3) is 0 Å². The Kier molecular flexibility index (Phi) is 3.65. The van der Waals surface area contributed by atoms with Crippen LogP contribution in [0.15, 0.2) is 6.07 Å². The quantitative estimate of drug-likeness (QED) is 0.535. The molecule has 0 amide bonds. The van der Waals surface area contributed by atoms with E-state index in [1.807, 2.05) is 0 Å². The zero-order chi connectivity index (χ0) is 14.9. The van der Waals surface area contributed by atoms with Crippen LogP contribution in [0, 0.1) is 0 Å². The number of benzene rings is 1. The van der Waals surface area contributed by atoms with Gasteiger partial charge in [0.15, 0.2) is 11.5 Å². The van der Waals surface area contributed by atoms with Crippen LogP contribution in [-0.2, 0) is 14.3 Å². The van der Waals surface area contributed by atoms with Gasteiger partial charge in [-0.1, -0.05) is 0 Å². The van der Waals surface area contributed by atoms with Gasteiger partial charge in [0.1, 0.15) is 27.9 Å². The normalized spacial score (nSPS) is 17.2. The Labute approximate surface area is 113 Å². The first-order chi connectivity index (χ1) is 9.54. The Bertz CT molecular complexity index is 700. The van der Waals surface area contributed by atoms with E-state index in [2.05, 4.69) is 0 Å². The summed E-state index contributed by atoms with van der Waals surface area (Å²) in [6.45, 7) is 1.82. The average molecular weight is 280 g/mol. The second-order valence-corrected chi connectivity index (χ2v) is 3.92. The molecular formula is C13H12O7. The molecule has 0 saturated heterocycles. The SMILES string of the molecule is CCOC1C(=O)Oc2cc(=C=O)c(O)c(OC)c2=C1O. The van der Waals surface area contributed by atoms with Gasteiger partial charge in [0.05, 0.1) is 7.11 Å². The lowest BCUT2D eigenvalue weighted by molar-refractivity contribution is -0.145. The average Bonchev–Trinajstić information content (AvgIpc) is 2.43. The number of phenols is 1. The smallest absolute Gasteiger partial charge is 0.348 e. The molecule has 0 saturated carbocycles. The lowest BCUT2D eigenvalue weighted by Gasteiger charge is -2.21. The third-order valence-electron chi connectivity index (χ3n) is 2.80. The van der Waals surface area contributed by atoms with Crippen LogP contribution in [0.1, 0.15) is 6.92 Å². The number of carbonyl (C=O) groups excluding carboxylic acids is 2. The monoisotopic (exact) mass is 280 g/mol. The summed E-state index contributed by atoms with van der Waals surface area (Å²) < 4.78 is 15.0. The summed E-state index contributed by atoms with van der Waals surface area (Å²) in [4.78, 5) is 22.4. The van der Waals surface area contributed by atoms with Gasteiger partial charge in [0.2, 0.25) is 6.10 Å². The molecule has 1 aliphatic heterocycles. The zero-order valence-electron chi connectivity index (χ0n) is 10.8. The van der Waals surface area contributed by atoms with Crippen molar-refractivity contribution in [2.75, 3.05) is 13.7 Å². The molecule has 0 spiro atoms. The van der Waals surface area contributed by atoms with E-state index in [4.69, 9.17) is 14.2 Å². The molecule has 0 aromatic heterocycles. The van der Waals surface area contributed by atoms with Gasteiger partial charge in [0, 0.05) is 12.7 Å². The molecular weight excluding hydrogens is 268 g/mol. The van der Waals surface area contributed by atoms with E-state index < -0.39 is 23.6 Å². The lowest BCUT2D eigenvalue weighted by Crippen LogP contribution is -2.40. The van der Waals surface area contributed by atoms with Crippen molar-refractivity contribution in [3.8, 4) is 17.2 Å². The van der Waals surface area contributed by atoms with Crippen molar-refractivity contribution in [2.24, 2.45) is 0 Å². The molecule has 7 nitrogen and oxygen atoms in total. The number of phenolic OH excluding ortho intramolecular Hbond substituents is 1. The predicted octanol–water partition coefficient (Wildman–Crippen LogP) is -1.11. The van der Waals surface area contributed by atoms with Crippen LogP contribution in [0.4, 0.5) is 0 Å². The molecule has 1 unspecified atom stereocenters. The van der Waals surface area contributed by atoms with Gasteiger partial charge in [-0.3, -0.25) is 0 Å². The van der Waals surface area contributed by atoms with Crippen LogP contribution >= 0.6 is 0 Å². The largest absolute Gasteiger partial charge is 0.508 e. The third-order valence-corrected chi connectivity index (χ3v) is 2.80. The Morgan fingerprint density at radius 3 is 2.70 bits per heavy atom. The Morgan fingerprint density at radius 1 is 1.45 bits per heavy atom. The molecule has 20 heavy (non-hydrogen) atoms. The van der Waals surface area contributed by atoms with Crippen LogP contribution in [-0.4, -0.2) is 41.9 Å². The van der Waals surface area contributed by atoms with Crippen molar-refractivity contribution in [2.45, 2.75) is 13.0 Å². The summed E-state index contributed by atoms with van der Waals surface area (Å²) in [6.07, 6.45) is -1.30. The van der Waals surface area contributed by atoms with Crippen molar-refractivity contribution in [1.82, 2.24) is 0 Å².